The molecular weight excluding hydrogens is 523 g/mol. The molecule has 0 unspecified atom stereocenters. The van der Waals surface area contributed by atoms with Crippen molar-refractivity contribution in [1.82, 2.24) is 20.3 Å². The highest BCUT2D eigenvalue weighted by atomic mass is 35.5. The number of carbonyl (C=O) groups excluding carboxylic acids is 2. The quantitative estimate of drug-likeness (QED) is 0.340. The van der Waals surface area contributed by atoms with Gasteiger partial charge in [0.2, 0.25) is 5.88 Å². The Morgan fingerprint density at radius 2 is 2.08 bits per heavy atom. The molecule has 0 radical (unpaired) electrons. The van der Waals surface area contributed by atoms with Crippen molar-refractivity contribution < 1.29 is 24.2 Å². The first kappa shape index (κ1) is 28.1. The molecule has 0 fully saturated rings. The normalized spacial score (nSPS) is 19.9. The number of methoxy groups -OCH3 is 1. The Morgan fingerprint density at radius 1 is 1.24 bits per heavy atom. The van der Waals surface area contributed by atoms with Crippen LogP contribution in [0.5, 0.6) is 11.6 Å². The zero-order chi connectivity index (χ0) is 24.4. The summed E-state index contributed by atoms with van der Waals surface area (Å²) >= 11 is 0. The highest BCUT2D eigenvalue weighted by Gasteiger charge is 2.36. The number of carbonyl (C=O) groups is 2. The molecule has 0 aromatic carbocycles. The van der Waals surface area contributed by atoms with Gasteiger partial charge in [-0.2, -0.15) is 0 Å². The zero-order valence-corrected chi connectivity index (χ0v) is 21.4. The monoisotopic (exact) mass is 548 g/mol. The summed E-state index contributed by atoms with van der Waals surface area (Å²) in [5.41, 5.74) is 0.589. The molecule has 5 rings (SSSR count). The number of aliphatic hydroxyl groups is 1. The molecule has 13 heteroatoms. The Labute approximate surface area is 224 Å². The van der Waals surface area contributed by atoms with Crippen LogP contribution >= 0.6 is 24.8 Å². The average Bonchev–Trinajstić information content (AvgIpc) is 2.88. The molecule has 0 spiro atoms. The standard InChI is InChI=1S/C24H24N6O5.2ClH/c1-34-20-5-3-16-21(30-20)17(8-11-25-16)28-23(32)24(33)9-6-14(7-10-24)26-12-15-2-4-18-22(27-15)29-19(31)13-35-18;;/h2-6,8-9,11,14,26,33H,7,10,12-13H2,1H3,(H,25,28,32)(H,27,29,31);2*1H/t14-,24+;;/m0../s1. The van der Waals surface area contributed by atoms with Gasteiger partial charge in [-0.3, -0.25) is 14.6 Å². The van der Waals surface area contributed by atoms with Crippen LogP contribution in [0.4, 0.5) is 11.5 Å². The molecule has 196 valence electrons. The Balaban J connectivity index is 0.00000190. The van der Waals surface area contributed by atoms with E-state index in [2.05, 4.69) is 30.9 Å². The van der Waals surface area contributed by atoms with E-state index in [4.69, 9.17) is 9.47 Å². The van der Waals surface area contributed by atoms with E-state index in [-0.39, 0.29) is 49.8 Å². The van der Waals surface area contributed by atoms with E-state index < -0.39 is 11.5 Å². The Morgan fingerprint density at radius 3 is 2.84 bits per heavy atom. The van der Waals surface area contributed by atoms with Crippen LogP contribution in [0.1, 0.15) is 18.5 Å². The highest BCUT2D eigenvalue weighted by molar-refractivity contribution is 6.03. The largest absolute Gasteiger partial charge is 0.481 e. The second-order valence-electron chi connectivity index (χ2n) is 8.33. The number of aromatic nitrogens is 3. The fourth-order valence-corrected chi connectivity index (χ4v) is 3.98. The SMILES string of the molecule is COc1ccc2nccc(NC(=O)[C@@]3(O)C=C[C@H](NCc4ccc5c(n4)NC(=O)CO5)CC3)c2n1.Cl.Cl. The van der Waals surface area contributed by atoms with Gasteiger partial charge in [0.05, 0.1) is 24.0 Å². The van der Waals surface area contributed by atoms with Crippen LogP contribution in [0.15, 0.2) is 48.7 Å². The summed E-state index contributed by atoms with van der Waals surface area (Å²) in [6.07, 6.45) is 5.62. The summed E-state index contributed by atoms with van der Waals surface area (Å²) in [5.74, 6) is 0.558. The molecule has 3 aromatic heterocycles. The maximum absolute atomic E-state index is 13.0. The van der Waals surface area contributed by atoms with E-state index >= 15 is 0 Å². The van der Waals surface area contributed by atoms with Crippen LogP contribution in [0.2, 0.25) is 0 Å². The van der Waals surface area contributed by atoms with Crippen molar-refractivity contribution in [3.05, 3.63) is 54.4 Å². The van der Waals surface area contributed by atoms with Crippen LogP contribution in [0, 0.1) is 0 Å². The van der Waals surface area contributed by atoms with Gasteiger partial charge in [-0.1, -0.05) is 6.08 Å². The lowest BCUT2D eigenvalue weighted by Gasteiger charge is -2.30. The molecular formula is C24H26Cl2N6O5. The number of pyridine rings is 3. The number of rotatable bonds is 6. The molecule has 0 saturated carbocycles. The van der Waals surface area contributed by atoms with Crippen LogP contribution in [-0.2, 0) is 16.1 Å². The molecule has 4 heterocycles. The van der Waals surface area contributed by atoms with E-state index in [0.717, 1.165) is 5.69 Å². The van der Waals surface area contributed by atoms with Crippen LogP contribution < -0.4 is 25.4 Å². The number of amides is 2. The predicted molar refractivity (Wildman–Crippen MR) is 142 cm³/mol. The van der Waals surface area contributed by atoms with Gasteiger partial charge in [-0.05, 0) is 43.2 Å². The lowest BCUT2D eigenvalue weighted by molar-refractivity contribution is -0.130. The summed E-state index contributed by atoms with van der Waals surface area (Å²) < 4.78 is 10.5. The van der Waals surface area contributed by atoms with Gasteiger partial charge in [0.15, 0.2) is 23.8 Å². The molecule has 0 bridgehead atoms. The molecule has 0 saturated heterocycles. The number of halogens is 2. The minimum Gasteiger partial charge on any atom is -0.481 e. The minimum atomic E-state index is -1.65. The molecule has 3 aromatic rings. The van der Waals surface area contributed by atoms with E-state index in [9.17, 15) is 14.7 Å². The van der Waals surface area contributed by atoms with Gasteiger partial charge in [0, 0.05) is 24.8 Å². The molecule has 11 nitrogen and oxygen atoms in total. The fourth-order valence-electron chi connectivity index (χ4n) is 3.98. The van der Waals surface area contributed by atoms with Gasteiger partial charge >= 0.3 is 0 Å². The summed E-state index contributed by atoms with van der Waals surface area (Å²) in [6.45, 7) is 0.428. The first-order valence-electron chi connectivity index (χ1n) is 11.1. The Bertz CT molecular complexity index is 1340. The maximum atomic E-state index is 13.0. The van der Waals surface area contributed by atoms with E-state index in [0.29, 0.717) is 47.1 Å². The van der Waals surface area contributed by atoms with Gasteiger partial charge in [0.25, 0.3) is 11.8 Å². The number of ether oxygens (including phenoxy) is 2. The third kappa shape index (κ3) is 6.08. The smallest absolute Gasteiger partial charge is 0.263 e. The summed E-state index contributed by atoms with van der Waals surface area (Å²) in [4.78, 5) is 37.5. The van der Waals surface area contributed by atoms with Crippen LogP contribution in [0.3, 0.4) is 0 Å². The predicted octanol–water partition coefficient (Wildman–Crippen LogP) is 2.39. The van der Waals surface area contributed by atoms with Crippen molar-refractivity contribution in [2.45, 2.75) is 31.0 Å². The lowest BCUT2D eigenvalue weighted by atomic mass is 9.87. The summed E-state index contributed by atoms with van der Waals surface area (Å²) in [7, 11) is 1.51. The number of nitrogens with zero attached hydrogens (tertiary/aromatic N) is 3. The topological polar surface area (TPSA) is 148 Å². The molecule has 2 amide bonds. The first-order valence-corrected chi connectivity index (χ1v) is 11.1. The van der Waals surface area contributed by atoms with Crippen molar-refractivity contribution in [2.24, 2.45) is 0 Å². The van der Waals surface area contributed by atoms with Crippen molar-refractivity contribution in [3.63, 3.8) is 0 Å². The van der Waals surface area contributed by atoms with Gasteiger partial charge in [0.1, 0.15) is 5.52 Å². The van der Waals surface area contributed by atoms with Crippen LogP contribution in [0.25, 0.3) is 11.0 Å². The van der Waals surface area contributed by atoms with Crippen molar-refractivity contribution >= 4 is 59.2 Å². The van der Waals surface area contributed by atoms with Crippen LogP contribution in [-0.4, -0.2) is 57.2 Å². The number of anilines is 2. The Kier molecular flexibility index (Phi) is 8.87. The van der Waals surface area contributed by atoms with E-state index in [1.807, 2.05) is 6.07 Å². The zero-order valence-electron chi connectivity index (χ0n) is 19.8. The molecule has 2 aliphatic rings. The van der Waals surface area contributed by atoms with Crippen molar-refractivity contribution in [1.29, 1.82) is 0 Å². The number of hydrogen-bond donors (Lipinski definition) is 4. The third-order valence-corrected chi connectivity index (χ3v) is 5.93. The second kappa shape index (κ2) is 11.7. The van der Waals surface area contributed by atoms with Crippen molar-refractivity contribution in [3.8, 4) is 11.6 Å². The molecule has 1 aliphatic carbocycles. The van der Waals surface area contributed by atoms with Gasteiger partial charge in [-0.15, -0.1) is 24.8 Å². The molecule has 2 atom stereocenters. The molecule has 37 heavy (non-hydrogen) atoms. The molecule has 4 N–H and O–H groups in total. The third-order valence-electron chi connectivity index (χ3n) is 5.93. The van der Waals surface area contributed by atoms with E-state index in [1.165, 1.54) is 13.2 Å². The Hall–Kier alpha value is -3.51. The molecule has 1 aliphatic heterocycles. The fraction of sp³-hybridized carbons (Fsp3) is 0.292. The summed E-state index contributed by atoms with van der Waals surface area (Å²) in [5, 5.41) is 19.8. The minimum absolute atomic E-state index is 0. The average molecular weight is 549 g/mol. The summed E-state index contributed by atoms with van der Waals surface area (Å²) in [6, 6.07) is 8.61. The van der Waals surface area contributed by atoms with E-state index in [1.54, 1.807) is 36.5 Å². The number of nitrogens with one attached hydrogen (secondary N) is 3. The highest BCUT2D eigenvalue weighted by Crippen LogP contribution is 2.28. The number of fused-ring (bicyclic) bond motifs is 2. The second-order valence-corrected chi connectivity index (χ2v) is 8.33. The first-order chi connectivity index (χ1) is 16.9. The van der Waals surface area contributed by atoms with Gasteiger partial charge < -0.3 is 30.5 Å². The maximum Gasteiger partial charge on any atom is 0.263 e. The van der Waals surface area contributed by atoms with Crippen molar-refractivity contribution in [2.75, 3.05) is 24.4 Å². The van der Waals surface area contributed by atoms with Gasteiger partial charge in [-0.25, -0.2) is 9.97 Å². The lowest BCUT2D eigenvalue weighted by Crippen LogP contribution is -2.45. The number of hydrogen-bond acceptors (Lipinski definition) is 9.